The van der Waals surface area contributed by atoms with E-state index in [1.165, 1.54) is 6.07 Å². The van der Waals surface area contributed by atoms with Crippen LogP contribution in [0.1, 0.15) is 22.8 Å². The highest BCUT2D eigenvalue weighted by Crippen LogP contribution is 2.21. The van der Waals surface area contributed by atoms with Crippen LogP contribution in [0.15, 0.2) is 18.2 Å². The van der Waals surface area contributed by atoms with E-state index in [0.717, 1.165) is 5.56 Å². The van der Waals surface area contributed by atoms with E-state index in [1.54, 1.807) is 26.1 Å². The van der Waals surface area contributed by atoms with Crippen LogP contribution >= 0.6 is 0 Å². The Labute approximate surface area is 99.4 Å². The van der Waals surface area contributed by atoms with Crippen molar-refractivity contribution < 1.29 is 19.4 Å². The van der Waals surface area contributed by atoms with Gasteiger partial charge >= 0.3 is 5.97 Å². The van der Waals surface area contributed by atoms with Crippen molar-refractivity contribution in [2.24, 2.45) is 0 Å². The van der Waals surface area contributed by atoms with Gasteiger partial charge in [-0.2, -0.15) is 0 Å². The van der Waals surface area contributed by atoms with Crippen molar-refractivity contribution in [2.75, 3.05) is 13.7 Å². The first-order valence-electron chi connectivity index (χ1n) is 5.28. The monoisotopic (exact) mass is 237 g/mol. The van der Waals surface area contributed by atoms with E-state index < -0.39 is 5.97 Å². The fourth-order valence-electron chi connectivity index (χ4n) is 1.40. The Morgan fingerprint density at radius 2 is 2.12 bits per heavy atom. The molecule has 0 aliphatic rings. The molecule has 0 unspecified atom stereocenters. The van der Waals surface area contributed by atoms with E-state index in [9.17, 15) is 9.59 Å². The Morgan fingerprint density at radius 1 is 1.41 bits per heavy atom. The van der Waals surface area contributed by atoms with Gasteiger partial charge in [0.2, 0.25) is 5.91 Å². The van der Waals surface area contributed by atoms with Crippen LogP contribution in [0.2, 0.25) is 0 Å². The number of nitrogens with one attached hydrogen (secondary N) is 1. The van der Waals surface area contributed by atoms with Gasteiger partial charge in [-0.05, 0) is 24.6 Å². The molecule has 1 rings (SSSR count). The van der Waals surface area contributed by atoms with Gasteiger partial charge in [-0.15, -0.1) is 0 Å². The molecule has 1 amide bonds. The maximum absolute atomic E-state index is 11.2. The number of rotatable bonds is 5. The zero-order valence-electron chi connectivity index (χ0n) is 9.82. The van der Waals surface area contributed by atoms with E-state index in [-0.39, 0.29) is 17.9 Å². The highest BCUT2D eigenvalue weighted by Gasteiger charge is 2.12. The number of benzene rings is 1. The number of aromatic carboxylic acids is 1. The summed E-state index contributed by atoms with van der Waals surface area (Å²) < 4.78 is 5.24. The molecular formula is C12H15NO4. The lowest BCUT2D eigenvalue weighted by molar-refractivity contribution is -0.119. The van der Waals surface area contributed by atoms with Crippen LogP contribution in [0.25, 0.3) is 0 Å². The molecule has 0 aromatic heterocycles. The smallest absolute Gasteiger partial charge is 0.339 e. The van der Waals surface area contributed by atoms with Gasteiger partial charge in [0.05, 0.1) is 13.0 Å². The van der Waals surface area contributed by atoms with Gasteiger partial charge < -0.3 is 15.2 Å². The number of hydrogen-bond donors (Lipinski definition) is 2. The van der Waals surface area contributed by atoms with Crippen LogP contribution in [0.4, 0.5) is 0 Å². The van der Waals surface area contributed by atoms with Crippen molar-refractivity contribution in [1.82, 2.24) is 5.32 Å². The van der Waals surface area contributed by atoms with Crippen LogP contribution in [-0.4, -0.2) is 30.6 Å². The van der Waals surface area contributed by atoms with E-state index in [4.69, 9.17) is 9.84 Å². The quantitative estimate of drug-likeness (QED) is 0.803. The first-order chi connectivity index (χ1) is 8.08. The Bertz CT molecular complexity index is 429. The minimum absolute atomic E-state index is 0.104. The standard InChI is InChI=1S/C12H15NO4/c1-3-17-10-6-8(7-11(14)13-2)4-5-9(10)12(15)16/h4-6H,3,7H2,1-2H3,(H,13,14)(H,15,16). The summed E-state index contributed by atoms with van der Waals surface area (Å²) in [5.41, 5.74) is 0.824. The highest BCUT2D eigenvalue weighted by atomic mass is 16.5. The molecule has 0 bridgehead atoms. The second-order valence-corrected chi connectivity index (χ2v) is 3.42. The van der Waals surface area contributed by atoms with Gasteiger partial charge in [0.15, 0.2) is 0 Å². The maximum atomic E-state index is 11.2. The molecular weight excluding hydrogens is 222 g/mol. The molecule has 17 heavy (non-hydrogen) atoms. The highest BCUT2D eigenvalue weighted by molar-refractivity contribution is 5.91. The Hall–Kier alpha value is -2.04. The summed E-state index contributed by atoms with van der Waals surface area (Å²) in [6.07, 6.45) is 0.205. The number of carbonyl (C=O) groups is 2. The number of carboxylic acid groups (broad SMARTS) is 1. The van der Waals surface area contributed by atoms with E-state index in [2.05, 4.69) is 5.32 Å². The molecule has 0 saturated heterocycles. The lowest BCUT2D eigenvalue weighted by Crippen LogP contribution is -2.20. The summed E-state index contributed by atoms with van der Waals surface area (Å²) >= 11 is 0. The fraction of sp³-hybridized carbons (Fsp3) is 0.333. The van der Waals surface area contributed by atoms with Gasteiger partial charge in [-0.3, -0.25) is 4.79 Å². The van der Waals surface area contributed by atoms with Gasteiger partial charge in [0, 0.05) is 7.05 Å². The Morgan fingerprint density at radius 3 is 2.65 bits per heavy atom. The molecule has 5 heteroatoms. The van der Waals surface area contributed by atoms with Crippen LogP contribution in [0, 0.1) is 0 Å². The topological polar surface area (TPSA) is 75.6 Å². The summed E-state index contributed by atoms with van der Waals surface area (Å²) in [4.78, 5) is 22.1. The minimum Gasteiger partial charge on any atom is -0.493 e. The number of carbonyl (C=O) groups excluding carboxylic acids is 1. The van der Waals surface area contributed by atoms with Gasteiger partial charge in [-0.1, -0.05) is 6.07 Å². The average Bonchev–Trinajstić information content (AvgIpc) is 2.29. The second kappa shape index (κ2) is 5.89. The molecule has 0 saturated carbocycles. The van der Waals surface area contributed by atoms with Crippen molar-refractivity contribution >= 4 is 11.9 Å². The molecule has 0 spiro atoms. The van der Waals surface area contributed by atoms with E-state index >= 15 is 0 Å². The SMILES string of the molecule is CCOc1cc(CC(=O)NC)ccc1C(=O)O. The third kappa shape index (κ3) is 3.48. The third-order valence-electron chi connectivity index (χ3n) is 2.22. The molecule has 5 nitrogen and oxygen atoms in total. The van der Waals surface area contributed by atoms with Crippen LogP contribution in [0.3, 0.4) is 0 Å². The second-order valence-electron chi connectivity index (χ2n) is 3.42. The van der Waals surface area contributed by atoms with Crippen LogP contribution in [-0.2, 0) is 11.2 Å². The summed E-state index contributed by atoms with van der Waals surface area (Å²) in [5, 5.41) is 11.5. The van der Waals surface area contributed by atoms with Crippen molar-refractivity contribution in [3.8, 4) is 5.75 Å². The zero-order chi connectivity index (χ0) is 12.8. The summed E-state index contributed by atoms with van der Waals surface area (Å²) in [5.74, 6) is -0.878. The van der Waals surface area contributed by atoms with Crippen molar-refractivity contribution in [1.29, 1.82) is 0 Å². The van der Waals surface area contributed by atoms with E-state index in [0.29, 0.717) is 12.4 Å². The number of likely N-dealkylation sites (N-methyl/N-ethyl adjacent to an activating group) is 1. The van der Waals surface area contributed by atoms with Gasteiger partial charge in [-0.25, -0.2) is 4.79 Å². The van der Waals surface area contributed by atoms with Crippen LogP contribution < -0.4 is 10.1 Å². The predicted molar refractivity (Wildman–Crippen MR) is 62.3 cm³/mol. The molecule has 0 aliphatic carbocycles. The first kappa shape index (κ1) is 13.0. The molecule has 92 valence electrons. The first-order valence-corrected chi connectivity index (χ1v) is 5.28. The van der Waals surface area contributed by atoms with Crippen molar-refractivity contribution in [2.45, 2.75) is 13.3 Å². The summed E-state index contributed by atoms with van der Waals surface area (Å²) in [6, 6.07) is 4.65. The van der Waals surface area contributed by atoms with Crippen molar-refractivity contribution in [3.63, 3.8) is 0 Å². The summed E-state index contributed by atoms with van der Waals surface area (Å²) in [6.45, 7) is 2.15. The molecule has 2 N–H and O–H groups in total. The third-order valence-corrected chi connectivity index (χ3v) is 2.22. The lowest BCUT2D eigenvalue weighted by atomic mass is 10.1. The fourth-order valence-corrected chi connectivity index (χ4v) is 1.40. The molecule has 0 radical (unpaired) electrons. The van der Waals surface area contributed by atoms with E-state index in [1.807, 2.05) is 0 Å². The molecule has 0 fully saturated rings. The summed E-state index contributed by atoms with van der Waals surface area (Å²) in [7, 11) is 1.55. The zero-order valence-corrected chi connectivity index (χ0v) is 9.82. The largest absolute Gasteiger partial charge is 0.493 e. The van der Waals surface area contributed by atoms with Gasteiger partial charge in [0.1, 0.15) is 11.3 Å². The molecule has 1 aromatic rings. The average molecular weight is 237 g/mol. The maximum Gasteiger partial charge on any atom is 0.339 e. The molecule has 0 atom stereocenters. The van der Waals surface area contributed by atoms with Crippen molar-refractivity contribution in [3.05, 3.63) is 29.3 Å². The number of carboxylic acids is 1. The molecule has 1 aromatic carbocycles. The number of amides is 1. The van der Waals surface area contributed by atoms with Gasteiger partial charge in [0.25, 0.3) is 0 Å². The predicted octanol–water partition coefficient (Wildman–Crippen LogP) is 1.07. The molecule has 0 aliphatic heterocycles. The Kier molecular flexibility index (Phi) is 4.51. The molecule has 0 heterocycles. The Balaban J connectivity index is 3.00. The number of ether oxygens (including phenoxy) is 1. The lowest BCUT2D eigenvalue weighted by Gasteiger charge is -2.09. The number of hydrogen-bond acceptors (Lipinski definition) is 3. The minimum atomic E-state index is -1.04. The normalized spacial score (nSPS) is 9.76. The van der Waals surface area contributed by atoms with Crippen LogP contribution in [0.5, 0.6) is 5.75 Å².